The van der Waals surface area contributed by atoms with Gasteiger partial charge in [0.25, 0.3) is 0 Å². The Hall–Kier alpha value is -7.03. The third kappa shape index (κ3) is 5.29. The lowest BCUT2D eigenvalue weighted by Crippen LogP contribution is -2.12. The van der Waals surface area contributed by atoms with Gasteiger partial charge < -0.3 is 0 Å². The summed E-state index contributed by atoms with van der Waals surface area (Å²) < 4.78 is 2.28. The Morgan fingerprint density at radius 1 is 0.482 bits per heavy atom. The number of imidazole rings is 1. The van der Waals surface area contributed by atoms with E-state index in [4.69, 9.17) is 4.98 Å². The molecule has 10 aromatic rings. The highest BCUT2D eigenvalue weighted by Crippen LogP contribution is 2.49. The van der Waals surface area contributed by atoms with Crippen LogP contribution in [-0.2, 0) is 6.42 Å². The van der Waals surface area contributed by atoms with Crippen molar-refractivity contribution in [1.29, 1.82) is 0 Å². The van der Waals surface area contributed by atoms with Gasteiger partial charge in [0.1, 0.15) is 5.82 Å². The van der Waals surface area contributed by atoms with Gasteiger partial charge in [-0.3, -0.25) is 4.57 Å². The number of aromatic nitrogens is 2. The molecule has 1 aromatic heterocycles. The molecule has 2 nitrogen and oxygen atoms in total. The number of fused-ring (bicyclic) bond motifs is 5. The van der Waals surface area contributed by atoms with Crippen LogP contribution in [0.4, 0.5) is 0 Å². The van der Waals surface area contributed by atoms with Crippen molar-refractivity contribution in [3.05, 3.63) is 205 Å². The molecule has 0 saturated heterocycles. The van der Waals surface area contributed by atoms with Crippen LogP contribution in [0, 0.1) is 5.92 Å². The normalized spacial score (nSPS) is 14.0. The van der Waals surface area contributed by atoms with E-state index >= 15 is 0 Å². The Labute approximate surface area is 326 Å². The van der Waals surface area contributed by atoms with Crippen LogP contribution in [0.3, 0.4) is 0 Å². The Kier molecular flexibility index (Phi) is 7.57. The molecule has 1 aliphatic rings. The van der Waals surface area contributed by atoms with Gasteiger partial charge in [0, 0.05) is 11.3 Å². The minimum absolute atomic E-state index is 0.312. The van der Waals surface area contributed by atoms with Crippen molar-refractivity contribution in [2.75, 3.05) is 0 Å². The summed E-state index contributed by atoms with van der Waals surface area (Å²) in [5, 5.41) is 7.63. The zero-order valence-electron chi connectivity index (χ0n) is 31.2. The van der Waals surface area contributed by atoms with Crippen LogP contribution >= 0.6 is 0 Å². The average Bonchev–Trinajstić information content (AvgIpc) is 3.65. The van der Waals surface area contributed by atoms with Crippen molar-refractivity contribution >= 4 is 55.0 Å². The van der Waals surface area contributed by atoms with Crippen LogP contribution in [0.5, 0.6) is 0 Å². The predicted octanol–water partition coefficient (Wildman–Crippen LogP) is 14.2. The number of rotatable bonds is 5. The van der Waals surface area contributed by atoms with Crippen LogP contribution in [-0.4, -0.2) is 9.55 Å². The summed E-state index contributed by atoms with van der Waals surface area (Å²) in [5.74, 6) is 1.26. The summed E-state index contributed by atoms with van der Waals surface area (Å²) in [6.07, 6.45) is 3.46. The SMILES string of the molecule is CC1Cc2c(c(-c3ccc4ccccc4c3)c3ccccc3c2-c2ccc3ccccc3c2)C=C1c1ccc(-c2nc3ccccc3n2-c2ccccc2)cc1. The van der Waals surface area contributed by atoms with Gasteiger partial charge in [-0.05, 0) is 132 Å². The van der Waals surface area contributed by atoms with E-state index in [9.17, 15) is 0 Å². The van der Waals surface area contributed by atoms with Crippen molar-refractivity contribution in [3.63, 3.8) is 0 Å². The predicted molar refractivity (Wildman–Crippen MR) is 237 cm³/mol. The molecule has 2 heteroatoms. The molecule has 0 N–H and O–H groups in total. The molecule has 0 aliphatic heterocycles. The Bertz CT molecular complexity index is 3170. The Balaban J connectivity index is 1.12. The number of hydrogen-bond donors (Lipinski definition) is 0. The molecule has 1 aliphatic carbocycles. The van der Waals surface area contributed by atoms with Crippen molar-refractivity contribution in [1.82, 2.24) is 9.55 Å². The fourth-order valence-electron chi connectivity index (χ4n) is 9.17. The summed E-state index contributed by atoms with van der Waals surface area (Å²) in [4.78, 5) is 5.15. The van der Waals surface area contributed by atoms with Gasteiger partial charge >= 0.3 is 0 Å². The van der Waals surface area contributed by atoms with Gasteiger partial charge in [0.05, 0.1) is 11.0 Å². The third-order valence-corrected chi connectivity index (χ3v) is 11.8. The van der Waals surface area contributed by atoms with Gasteiger partial charge in [0.2, 0.25) is 0 Å². The van der Waals surface area contributed by atoms with Crippen LogP contribution in [0.1, 0.15) is 23.6 Å². The Morgan fingerprint density at radius 2 is 1.02 bits per heavy atom. The molecule has 1 heterocycles. The highest BCUT2D eigenvalue weighted by molar-refractivity contribution is 6.13. The quantitative estimate of drug-likeness (QED) is 0.174. The smallest absolute Gasteiger partial charge is 0.145 e. The van der Waals surface area contributed by atoms with Gasteiger partial charge in [0.15, 0.2) is 0 Å². The second-order valence-electron chi connectivity index (χ2n) is 15.2. The number of para-hydroxylation sites is 3. The molecule has 0 amide bonds. The second kappa shape index (κ2) is 13.1. The zero-order valence-corrected chi connectivity index (χ0v) is 31.2. The standard InChI is InChI=1S/C54H38N2/c1-35-31-48-49(34-47(35)38-25-27-39(28-26-38)54-55-50-21-11-12-22-51(50)56(54)44-17-3-2-4-18-44)53(43-30-24-37-14-6-8-16-41(37)33-43)46-20-10-9-19-45(46)52(48)42-29-23-36-13-5-7-15-40(36)32-42/h2-30,32-35H,31H2,1H3. The molecule has 0 bridgehead atoms. The zero-order chi connectivity index (χ0) is 37.2. The van der Waals surface area contributed by atoms with E-state index in [1.165, 1.54) is 76.8 Å². The van der Waals surface area contributed by atoms with Gasteiger partial charge in [-0.2, -0.15) is 0 Å². The first kappa shape index (κ1) is 32.4. The average molecular weight is 715 g/mol. The van der Waals surface area contributed by atoms with E-state index in [1.807, 2.05) is 0 Å². The van der Waals surface area contributed by atoms with E-state index in [-0.39, 0.29) is 0 Å². The molecule has 0 saturated carbocycles. The van der Waals surface area contributed by atoms with Crippen molar-refractivity contribution < 1.29 is 0 Å². The van der Waals surface area contributed by atoms with Gasteiger partial charge in [-0.15, -0.1) is 0 Å². The molecule has 1 atom stereocenters. The van der Waals surface area contributed by atoms with Crippen molar-refractivity contribution in [2.24, 2.45) is 5.92 Å². The molecule has 264 valence electrons. The first-order valence-electron chi connectivity index (χ1n) is 19.6. The number of hydrogen-bond acceptors (Lipinski definition) is 1. The summed E-state index contributed by atoms with van der Waals surface area (Å²) in [6.45, 7) is 2.40. The highest BCUT2D eigenvalue weighted by atomic mass is 15.1. The van der Waals surface area contributed by atoms with E-state index in [2.05, 4.69) is 206 Å². The van der Waals surface area contributed by atoms with Gasteiger partial charge in [-0.1, -0.05) is 159 Å². The maximum absolute atomic E-state index is 5.15. The fourth-order valence-corrected chi connectivity index (χ4v) is 9.17. The Morgan fingerprint density at radius 3 is 1.71 bits per heavy atom. The molecule has 1 unspecified atom stereocenters. The van der Waals surface area contributed by atoms with Crippen LogP contribution in [0.2, 0.25) is 0 Å². The van der Waals surface area contributed by atoms with Gasteiger partial charge in [-0.25, -0.2) is 4.98 Å². The minimum Gasteiger partial charge on any atom is -0.292 e. The molecular formula is C54H38N2. The van der Waals surface area contributed by atoms with Crippen LogP contribution in [0.15, 0.2) is 188 Å². The molecule has 0 fully saturated rings. The summed E-state index contributed by atoms with van der Waals surface area (Å²) in [6, 6.07) is 68.5. The lowest BCUT2D eigenvalue weighted by Gasteiger charge is -2.30. The molecule has 9 aromatic carbocycles. The summed E-state index contributed by atoms with van der Waals surface area (Å²) in [7, 11) is 0. The van der Waals surface area contributed by atoms with Crippen LogP contribution < -0.4 is 0 Å². The molecule has 56 heavy (non-hydrogen) atoms. The molecule has 0 radical (unpaired) electrons. The summed E-state index contributed by atoms with van der Waals surface area (Å²) >= 11 is 0. The summed E-state index contributed by atoms with van der Waals surface area (Å²) in [5.41, 5.74) is 14.8. The minimum atomic E-state index is 0.312. The second-order valence-corrected chi connectivity index (χ2v) is 15.2. The largest absolute Gasteiger partial charge is 0.292 e. The lowest BCUT2D eigenvalue weighted by molar-refractivity contribution is 0.739. The van der Waals surface area contributed by atoms with Crippen LogP contribution in [0.25, 0.3) is 94.3 Å². The van der Waals surface area contributed by atoms with E-state index in [0.29, 0.717) is 5.92 Å². The maximum atomic E-state index is 5.15. The van der Waals surface area contributed by atoms with Crippen molar-refractivity contribution in [3.8, 4) is 39.3 Å². The molecular weight excluding hydrogens is 677 g/mol. The third-order valence-electron chi connectivity index (χ3n) is 11.8. The van der Waals surface area contributed by atoms with E-state index < -0.39 is 0 Å². The molecule has 11 rings (SSSR count). The first-order chi connectivity index (χ1) is 27.7. The maximum Gasteiger partial charge on any atom is 0.145 e. The van der Waals surface area contributed by atoms with E-state index in [0.717, 1.165) is 34.5 Å². The fraction of sp³-hybridized carbons (Fsp3) is 0.0556. The monoisotopic (exact) mass is 714 g/mol. The highest BCUT2D eigenvalue weighted by Gasteiger charge is 2.28. The lowest BCUT2D eigenvalue weighted by atomic mass is 9.74. The number of nitrogens with zero attached hydrogens (tertiary/aromatic N) is 2. The van der Waals surface area contributed by atoms with Crippen molar-refractivity contribution in [2.45, 2.75) is 13.3 Å². The van der Waals surface area contributed by atoms with E-state index in [1.54, 1.807) is 0 Å². The topological polar surface area (TPSA) is 17.8 Å². The number of allylic oxidation sites excluding steroid dienone is 1. The first-order valence-corrected chi connectivity index (χ1v) is 19.6. The number of benzene rings is 9. The molecule has 0 spiro atoms.